The summed E-state index contributed by atoms with van der Waals surface area (Å²) >= 11 is 0. The van der Waals surface area contributed by atoms with E-state index in [1.165, 1.54) is 5.56 Å². The van der Waals surface area contributed by atoms with E-state index in [-0.39, 0.29) is 5.91 Å². The highest BCUT2D eigenvalue weighted by Crippen LogP contribution is 2.24. The molecule has 0 spiro atoms. The average Bonchev–Trinajstić information content (AvgIpc) is 3.05. The Bertz CT molecular complexity index is 487. The van der Waals surface area contributed by atoms with Gasteiger partial charge in [0.1, 0.15) is 0 Å². The lowest BCUT2D eigenvalue weighted by Gasteiger charge is -2.24. The summed E-state index contributed by atoms with van der Waals surface area (Å²) in [6.45, 7) is 3.06. The van der Waals surface area contributed by atoms with Crippen LogP contribution in [0, 0.1) is 0 Å². The Kier molecular flexibility index (Phi) is 3.53. The van der Waals surface area contributed by atoms with Gasteiger partial charge in [0, 0.05) is 24.7 Å². The first-order chi connectivity index (χ1) is 9.29. The highest BCUT2D eigenvalue weighted by Gasteiger charge is 2.29. The molecule has 102 valence electrons. The second kappa shape index (κ2) is 5.31. The van der Waals surface area contributed by atoms with Crippen molar-refractivity contribution >= 4 is 5.91 Å². The second-order valence-corrected chi connectivity index (χ2v) is 5.33. The van der Waals surface area contributed by atoms with Gasteiger partial charge in [-0.1, -0.05) is 6.07 Å². The number of fused-ring (bicyclic) bond motifs is 1. The topological polar surface area (TPSA) is 41.6 Å². The van der Waals surface area contributed by atoms with Crippen LogP contribution >= 0.6 is 0 Å². The van der Waals surface area contributed by atoms with Crippen molar-refractivity contribution in [1.29, 1.82) is 0 Å². The molecule has 1 atom stereocenters. The maximum atomic E-state index is 12.6. The van der Waals surface area contributed by atoms with Crippen LogP contribution in [0.1, 0.15) is 34.3 Å². The minimum absolute atomic E-state index is 0.160. The largest absolute Gasteiger partial charge is 0.372 e. The Morgan fingerprint density at radius 2 is 2.26 bits per heavy atom. The fraction of sp³-hybridized carbons (Fsp3) is 0.533. The van der Waals surface area contributed by atoms with Gasteiger partial charge in [-0.3, -0.25) is 4.79 Å². The number of benzene rings is 1. The van der Waals surface area contributed by atoms with E-state index in [0.29, 0.717) is 19.3 Å². The monoisotopic (exact) mass is 260 g/mol. The molecule has 3 rings (SSSR count). The number of likely N-dealkylation sites (N-methyl/N-ethyl adjacent to an activating group) is 1. The Morgan fingerprint density at radius 3 is 3.11 bits per heavy atom. The quantitative estimate of drug-likeness (QED) is 0.896. The number of amides is 1. The summed E-state index contributed by atoms with van der Waals surface area (Å²) in [6, 6.07) is 6.30. The first-order valence-corrected chi connectivity index (χ1v) is 6.94. The highest BCUT2D eigenvalue weighted by atomic mass is 16.5. The molecule has 0 aromatic heterocycles. The zero-order valence-electron chi connectivity index (χ0n) is 11.3. The van der Waals surface area contributed by atoms with E-state index in [0.717, 1.165) is 37.1 Å². The minimum Gasteiger partial charge on any atom is -0.372 e. The van der Waals surface area contributed by atoms with Crippen molar-refractivity contribution in [3.8, 4) is 0 Å². The Hall–Kier alpha value is -1.39. The van der Waals surface area contributed by atoms with Crippen LogP contribution in [-0.2, 0) is 18.0 Å². The lowest BCUT2D eigenvalue weighted by atomic mass is 10.1. The van der Waals surface area contributed by atoms with Crippen molar-refractivity contribution < 1.29 is 9.53 Å². The van der Waals surface area contributed by atoms with Crippen LogP contribution < -0.4 is 5.32 Å². The number of hydrogen-bond acceptors (Lipinski definition) is 3. The Morgan fingerprint density at radius 1 is 1.42 bits per heavy atom. The number of likely N-dealkylation sites (tertiary alicyclic amines) is 1. The van der Waals surface area contributed by atoms with Crippen LogP contribution in [0.25, 0.3) is 0 Å². The molecule has 0 saturated carbocycles. The normalized spacial score (nSPS) is 21.7. The van der Waals surface area contributed by atoms with Crippen molar-refractivity contribution in [3.05, 3.63) is 34.9 Å². The van der Waals surface area contributed by atoms with Gasteiger partial charge in [-0.25, -0.2) is 0 Å². The number of nitrogens with one attached hydrogen (secondary N) is 1. The number of carbonyl (C=O) groups is 1. The van der Waals surface area contributed by atoms with Crippen LogP contribution in [0.5, 0.6) is 0 Å². The Balaban J connectivity index is 1.79. The molecule has 1 aromatic carbocycles. The molecule has 1 unspecified atom stereocenters. The number of ether oxygens (including phenoxy) is 1. The molecule has 1 aromatic rings. The molecule has 4 heteroatoms. The summed E-state index contributed by atoms with van der Waals surface area (Å²) in [5, 5.41) is 3.17. The Labute approximate surface area is 113 Å². The zero-order valence-corrected chi connectivity index (χ0v) is 11.3. The summed E-state index contributed by atoms with van der Waals surface area (Å²) in [7, 11) is 1.94. The molecule has 0 radical (unpaired) electrons. The van der Waals surface area contributed by atoms with Gasteiger partial charge in [0.25, 0.3) is 5.91 Å². The molecule has 2 aliphatic rings. The molecule has 1 N–H and O–H groups in total. The van der Waals surface area contributed by atoms with Gasteiger partial charge in [0.15, 0.2) is 0 Å². The van der Waals surface area contributed by atoms with Gasteiger partial charge in [-0.2, -0.15) is 0 Å². The molecular formula is C15H20N2O2. The van der Waals surface area contributed by atoms with Crippen LogP contribution in [-0.4, -0.2) is 37.0 Å². The van der Waals surface area contributed by atoms with E-state index in [4.69, 9.17) is 4.74 Å². The summed E-state index contributed by atoms with van der Waals surface area (Å²) < 4.78 is 5.40. The summed E-state index contributed by atoms with van der Waals surface area (Å²) in [6.07, 6.45) is 2.20. The standard InChI is InChI=1S/C15H20N2O2/c1-16-8-14-3-2-6-17(14)15(18)11-4-5-12-9-19-10-13(12)7-11/h4-5,7,14,16H,2-3,6,8-10H2,1H3. The smallest absolute Gasteiger partial charge is 0.254 e. The first kappa shape index (κ1) is 12.6. The van der Waals surface area contributed by atoms with E-state index in [9.17, 15) is 4.79 Å². The number of hydrogen-bond donors (Lipinski definition) is 1. The number of carbonyl (C=O) groups excluding carboxylic acids is 1. The maximum Gasteiger partial charge on any atom is 0.254 e. The molecule has 1 amide bonds. The molecule has 2 heterocycles. The number of nitrogens with zero attached hydrogens (tertiary/aromatic N) is 1. The molecule has 19 heavy (non-hydrogen) atoms. The third-order valence-electron chi connectivity index (χ3n) is 4.05. The van der Waals surface area contributed by atoms with E-state index in [1.807, 2.05) is 30.1 Å². The predicted octanol–water partition coefficient (Wildman–Crippen LogP) is 1.54. The van der Waals surface area contributed by atoms with Gasteiger partial charge in [0.05, 0.1) is 13.2 Å². The number of rotatable bonds is 3. The van der Waals surface area contributed by atoms with E-state index in [2.05, 4.69) is 5.32 Å². The summed E-state index contributed by atoms with van der Waals surface area (Å²) in [5.41, 5.74) is 3.17. The molecule has 0 aliphatic carbocycles. The van der Waals surface area contributed by atoms with Gasteiger partial charge >= 0.3 is 0 Å². The van der Waals surface area contributed by atoms with Crippen molar-refractivity contribution in [1.82, 2.24) is 10.2 Å². The molecule has 2 aliphatic heterocycles. The van der Waals surface area contributed by atoms with Gasteiger partial charge in [-0.05, 0) is 43.1 Å². The van der Waals surface area contributed by atoms with Crippen LogP contribution in [0.15, 0.2) is 18.2 Å². The van der Waals surface area contributed by atoms with Crippen molar-refractivity contribution in [2.45, 2.75) is 32.1 Å². The van der Waals surface area contributed by atoms with Gasteiger partial charge in [0.2, 0.25) is 0 Å². The lowest BCUT2D eigenvalue weighted by Crippen LogP contribution is -2.40. The third-order valence-corrected chi connectivity index (χ3v) is 4.05. The molecule has 0 bridgehead atoms. The van der Waals surface area contributed by atoms with Crippen LogP contribution in [0.2, 0.25) is 0 Å². The van der Waals surface area contributed by atoms with E-state index in [1.54, 1.807) is 0 Å². The van der Waals surface area contributed by atoms with Gasteiger partial charge in [-0.15, -0.1) is 0 Å². The predicted molar refractivity (Wildman–Crippen MR) is 72.9 cm³/mol. The average molecular weight is 260 g/mol. The molecule has 1 saturated heterocycles. The first-order valence-electron chi connectivity index (χ1n) is 6.94. The van der Waals surface area contributed by atoms with E-state index < -0.39 is 0 Å². The maximum absolute atomic E-state index is 12.6. The molecule has 4 nitrogen and oxygen atoms in total. The fourth-order valence-corrected chi connectivity index (χ4v) is 3.02. The van der Waals surface area contributed by atoms with E-state index >= 15 is 0 Å². The van der Waals surface area contributed by atoms with Gasteiger partial charge < -0.3 is 15.0 Å². The summed E-state index contributed by atoms with van der Waals surface area (Å²) in [5.74, 6) is 0.160. The highest BCUT2D eigenvalue weighted by molar-refractivity contribution is 5.95. The summed E-state index contributed by atoms with van der Waals surface area (Å²) in [4.78, 5) is 14.6. The second-order valence-electron chi connectivity index (χ2n) is 5.33. The van der Waals surface area contributed by atoms with Crippen LogP contribution in [0.4, 0.5) is 0 Å². The third kappa shape index (κ3) is 2.38. The van der Waals surface area contributed by atoms with Crippen molar-refractivity contribution in [3.63, 3.8) is 0 Å². The SMILES string of the molecule is CNCC1CCCN1C(=O)c1ccc2c(c1)COC2. The van der Waals surface area contributed by atoms with Crippen LogP contribution in [0.3, 0.4) is 0 Å². The van der Waals surface area contributed by atoms with Crippen molar-refractivity contribution in [2.75, 3.05) is 20.1 Å². The molecule has 1 fully saturated rings. The van der Waals surface area contributed by atoms with Crippen molar-refractivity contribution in [2.24, 2.45) is 0 Å². The molecular weight excluding hydrogens is 240 g/mol. The lowest BCUT2D eigenvalue weighted by molar-refractivity contribution is 0.0737. The fourth-order valence-electron chi connectivity index (χ4n) is 3.02. The minimum atomic E-state index is 0.160. The zero-order chi connectivity index (χ0) is 13.2.